The predicted octanol–water partition coefficient (Wildman–Crippen LogP) is 2.54. The Hall–Kier alpha value is -0.860. The van der Waals surface area contributed by atoms with Crippen molar-refractivity contribution in [2.45, 2.75) is 59.9 Å². The van der Waals surface area contributed by atoms with Crippen LogP contribution in [0.1, 0.15) is 53.9 Å². The van der Waals surface area contributed by atoms with E-state index in [1.165, 1.54) is 0 Å². The summed E-state index contributed by atoms with van der Waals surface area (Å²) in [4.78, 5) is 23.9. The molecule has 1 rings (SSSR count). The molecule has 0 aromatic carbocycles. The lowest BCUT2D eigenvalue weighted by atomic mass is 9.83. The molecule has 1 aliphatic rings. The number of carbonyl (C=O) groups excluding carboxylic acids is 2. The number of hydrogen-bond donors (Lipinski definition) is 1. The van der Waals surface area contributed by atoms with Gasteiger partial charge in [-0.25, -0.2) is 0 Å². The molecule has 0 aromatic rings. The standard InChI is InChI=1S/C14H25NO2/c1-6-9-8-10(9)13(17)15-12(11(16)7-2)14(3,4)5/h9-10,12H,6-8H2,1-5H3,(H,15,17)/t9-,10?,12?/m1/s1. The van der Waals surface area contributed by atoms with Crippen molar-refractivity contribution in [1.29, 1.82) is 0 Å². The van der Waals surface area contributed by atoms with Crippen LogP contribution < -0.4 is 5.32 Å². The van der Waals surface area contributed by atoms with Crippen LogP contribution in [0.4, 0.5) is 0 Å². The van der Waals surface area contributed by atoms with E-state index in [-0.39, 0.29) is 29.1 Å². The molecule has 1 saturated carbocycles. The zero-order valence-electron chi connectivity index (χ0n) is 11.7. The Bertz CT molecular complexity index is 304. The van der Waals surface area contributed by atoms with Crippen LogP contribution >= 0.6 is 0 Å². The third-order valence-corrected chi connectivity index (χ3v) is 3.61. The van der Waals surface area contributed by atoms with E-state index in [0.29, 0.717) is 12.3 Å². The fourth-order valence-electron chi connectivity index (χ4n) is 2.25. The van der Waals surface area contributed by atoms with Crippen molar-refractivity contribution in [3.05, 3.63) is 0 Å². The lowest BCUT2D eigenvalue weighted by molar-refractivity contribution is -0.131. The lowest BCUT2D eigenvalue weighted by Gasteiger charge is -2.30. The summed E-state index contributed by atoms with van der Waals surface area (Å²) in [6.07, 6.45) is 2.52. The molecule has 2 unspecified atom stereocenters. The van der Waals surface area contributed by atoms with Gasteiger partial charge >= 0.3 is 0 Å². The van der Waals surface area contributed by atoms with Crippen LogP contribution in [0.25, 0.3) is 0 Å². The topological polar surface area (TPSA) is 46.2 Å². The molecule has 17 heavy (non-hydrogen) atoms. The Morgan fingerprint density at radius 1 is 1.29 bits per heavy atom. The highest BCUT2D eigenvalue weighted by Crippen LogP contribution is 2.41. The van der Waals surface area contributed by atoms with Crippen LogP contribution in [0, 0.1) is 17.3 Å². The molecular weight excluding hydrogens is 214 g/mol. The third-order valence-electron chi connectivity index (χ3n) is 3.61. The van der Waals surface area contributed by atoms with Gasteiger partial charge in [0, 0.05) is 12.3 Å². The van der Waals surface area contributed by atoms with Crippen molar-refractivity contribution in [2.24, 2.45) is 17.3 Å². The molecule has 0 aliphatic heterocycles. The number of amides is 1. The van der Waals surface area contributed by atoms with Gasteiger partial charge in [0.1, 0.15) is 0 Å². The molecule has 0 radical (unpaired) electrons. The average Bonchev–Trinajstić information content (AvgIpc) is 3.02. The van der Waals surface area contributed by atoms with Gasteiger partial charge in [-0.3, -0.25) is 9.59 Å². The number of ketones is 1. The van der Waals surface area contributed by atoms with Crippen LogP contribution in [0.3, 0.4) is 0 Å². The fourth-order valence-corrected chi connectivity index (χ4v) is 2.25. The summed E-state index contributed by atoms with van der Waals surface area (Å²) in [6.45, 7) is 9.94. The van der Waals surface area contributed by atoms with Gasteiger partial charge in [-0.2, -0.15) is 0 Å². The first-order valence-electron chi connectivity index (χ1n) is 6.64. The quantitative estimate of drug-likeness (QED) is 0.801. The van der Waals surface area contributed by atoms with E-state index >= 15 is 0 Å². The van der Waals surface area contributed by atoms with E-state index in [0.717, 1.165) is 12.8 Å². The van der Waals surface area contributed by atoms with Crippen LogP contribution in [0.15, 0.2) is 0 Å². The Morgan fingerprint density at radius 2 is 1.88 bits per heavy atom. The Morgan fingerprint density at radius 3 is 2.24 bits per heavy atom. The monoisotopic (exact) mass is 239 g/mol. The highest BCUT2D eigenvalue weighted by Gasteiger charge is 2.43. The molecule has 3 nitrogen and oxygen atoms in total. The van der Waals surface area contributed by atoms with Crippen molar-refractivity contribution < 1.29 is 9.59 Å². The average molecular weight is 239 g/mol. The molecule has 0 aromatic heterocycles. The number of rotatable bonds is 5. The van der Waals surface area contributed by atoms with Crippen molar-refractivity contribution in [1.82, 2.24) is 5.32 Å². The molecule has 1 N–H and O–H groups in total. The maximum absolute atomic E-state index is 12.0. The van der Waals surface area contributed by atoms with Gasteiger partial charge in [0.15, 0.2) is 5.78 Å². The van der Waals surface area contributed by atoms with E-state index in [1.54, 1.807) is 0 Å². The van der Waals surface area contributed by atoms with Crippen LogP contribution in [0.5, 0.6) is 0 Å². The molecule has 1 aliphatic carbocycles. The van der Waals surface area contributed by atoms with E-state index in [1.807, 2.05) is 27.7 Å². The summed E-state index contributed by atoms with van der Waals surface area (Å²) >= 11 is 0. The maximum atomic E-state index is 12.0. The van der Waals surface area contributed by atoms with Crippen LogP contribution in [-0.2, 0) is 9.59 Å². The largest absolute Gasteiger partial charge is 0.346 e. The summed E-state index contributed by atoms with van der Waals surface area (Å²) in [5.41, 5.74) is -0.209. The second-order valence-corrected chi connectivity index (χ2v) is 6.14. The lowest BCUT2D eigenvalue weighted by Crippen LogP contribution is -2.49. The third kappa shape index (κ3) is 3.55. The molecule has 3 atom stereocenters. The van der Waals surface area contributed by atoms with Crippen molar-refractivity contribution in [3.63, 3.8) is 0 Å². The normalized spacial score (nSPS) is 25.2. The smallest absolute Gasteiger partial charge is 0.223 e. The molecule has 1 amide bonds. The molecule has 3 heteroatoms. The fraction of sp³-hybridized carbons (Fsp3) is 0.857. The van der Waals surface area contributed by atoms with Gasteiger partial charge in [0.05, 0.1) is 6.04 Å². The number of carbonyl (C=O) groups is 2. The highest BCUT2D eigenvalue weighted by molar-refractivity contribution is 5.91. The van der Waals surface area contributed by atoms with Gasteiger partial charge in [-0.05, 0) is 17.8 Å². The second kappa shape index (κ2) is 5.19. The SMILES string of the molecule is CCC(=O)C(NC(=O)C1C[C@H]1CC)C(C)(C)C. The molecule has 0 heterocycles. The molecule has 98 valence electrons. The zero-order chi connectivity index (χ0) is 13.2. The van der Waals surface area contributed by atoms with E-state index in [9.17, 15) is 9.59 Å². The summed E-state index contributed by atoms with van der Waals surface area (Å²) in [7, 11) is 0. The first kappa shape index (κ1) is 14.2. The minimum Gasteiger partial charge on any atom is -0.346 e. The second-order valence-electron chi connectivity index (χ2n) is 6.14. The molecule has 0 bridgehead atoms. The van der Waals surface area contributed by atoms with Crippen LogP contribution in [0.2, 0.25) is 0 Å². The van der Waals surface area contributed by atoms with Gasteiger partial charge in [0.25, 0.3) is 0 Å². The summed E-state index contributed by atoms with van der Waals surface area (Å²) < 4.78 is 0. The molecule has 0 spiro atoms. The first-order valence-corrected chi connectivity index (χ1v) is 6.64. The molecular formula is C14H25NO2. The number of nitrogens with one attached hydrogen (secondary N) is 1. The van der Waals surface area contributed by atoms with E-state index in [4.69, 9.17) is 0 Å². The summed E-state index contributed by atoms with van der Waals surface area (Å²) in [6, 6.07) is -0.349. The van der Waals surface area contributed by atoms with Gasteiger partial charge in [-0.15, -0.1) is 0 Å². The minimum atomic E-state index is -0.349. The summed E-state index contributed by atoms with van der Waals surface area (Å²) in [5, 5.41) is 2.95. The first-order chi connectivity index (χ1) is 7.81. The number of Topliss-reactive ketones (excluding diaryl/α,β-unsaturated/α-hetero) is 1. The zero-order valence-corrected chi connectivity index (χ0v) is 11.7. The summed E-state index contributed by atoms with van der Waals surface area (Å²) in [5.74, 6) is 0.875. The number of hydrogen-bond acceptors (Lipinski definition) is 2. The molecule has 0 saturated heterocycles. The van der Waals surface area contributed by atoms with E-state index in [2.05, 4.69) is 12.2 Å². The van der Waals surface area contributed by atoms with Gasteiger partial charge in [0.2, 0.25) is 5.91 Å². The molecule has 1 fully saturated rings. The van der Waals surface area contributed by atoms with E-state index < -0.39 is 0 Å². The Labute approximate surface area is 104 Å². The predicted molar refractivity (Wildman–Crippen MR) is 68.6 cm³/mol. The van der Waals surface area contributed by atoms with Gasteiger partial charge in [-0.1, -0.05) is 41.0 Å². The van der Waals surface area contributed by atoms with Crippen molar-refractivity contribution >= 4 is 11.7 Å². The minimum absolute atomic E-state index is 0.0681. The maximum Gasteiger partial charge on any atom is 0.223 e. The van der Waals surface area contributed by atoms with Crippen molar-refractivity contribution in [2.75, 3.05) is 0 Å². The van der Waals surface area contributed by atoms with Crippen LogP contribution in [-0.4, -0.2) is 17.7 Å². The Kier molecular flexibility index (Phi) is 4.34. The van der Waals surface area contributed by atoms with Crippen molar-refractivity contribution in [3.8, 4) is 0 Å². The van der Waals surface area contributed by atoms with Gasteiger partial charge < -0.3 is 5.32 Å². The highest BCUT2D eigenvalue weighted by atomic mass is 16.2. The Balaban J connectivity index is 2.62.